The van der Waals surface area contributed by atoms with Crippen LogP contribution in [-0.4, -0.2) is 29.1 Å². The minimum atomic E-state index is -0.717. The number of hydrogen-bond donors (Lipinski definition) is 0. The summed E-state index contributed by atoms with van der Waals surface area (Å²) in [7, 11) is 0. The second-order valence-corrected chi connectivity index (χ2v) is 6.87. The lowest BCUT2D eigenvalue weighted by Gasteiger charge is -2.21. The Morgan fingerprint density at radius 1 is 0.931 bits per heavy atom. The van der Waals surface area contributed by atoms with Crippen LogP contribution in [0, 0.1) is 20.2 Å². The Morgan fingerprint density at radius 3 is 2.03 bits per heavy atom. The van der Waals surface area contributed by atoms with Gasteiger partial charge in [-0.2, -0.15) is 0 Å². The van der Waals surface area contributed by atoms with Crippen LogP contribution >= 0.6 is 0 Å². The molecule has 0 saturated heterocycles. The molecule has 0 aliphatic rings. The van der Waals surface area contributed by atoms with Crippen LogP contribution in [0.15, 0.2) is 18.2 Å². The molecule has 0 spiro atoms. The molecule has 1 aromatic rings. The number of rotatable bonds is 14. The third-order valence-electron chi connectivity index (χ3n) is 4.63. The summed E-state index contributed by atoms with van der Waals surface area (Å²) in [5.41, 5.74) is -0.867. The van der Waals surface area contributed by atoms with Crippen LogP contribution in [0.3, 0.4) is 0 Å². The van der Waals surface area contributed by atoms with Gasteiger partial charge in [0.25, 0.3) is 11.4 Å². The zero-order chi connectivity index (χ0) is 21.6. The highest BCUT2D eigenvalue weighted by atomic mass is 16.6. The standard InChI is InChI=1S/C20H31N3O6/c1-3-5-6-7-8-9-10-11-12-15-21(20(24)29-4-2)18-14-13-17(22(25)26)16-19(18)23(27)28/h13-14,16H,3-12,15H2,1-2H3. The normalized spacial score (nSPS) is 10.6. The maximum Gasteiger partial charge on any atom is 0.414 e. The number of benzene rings is 1. The molecule has 9 heteroatoms. The number of hydrogen-bond acceptors (Lipinski definition) is 6. The lowest BCUT2D eigenvalue weighted by atomic mass is 10.1. The summed E-state index contributed by atoms with van der Waals surface area (Å²) in [4.78, 5) is 34.5. The van der Waals surface area contributed by atoms with Gasteiger partial charge in [0.2, 0.25) is 0 Å². The molecule has 0 atom stereocenters. The molecule has 0 radical (unpaired) electrons. The fraction of sp³-hybridized carbons (Fsp3) is 0.650. The van der Waals surface area contributed by atoms with E-state index in [1.165, 1.54) is 43.1 Å². The molecule has 1 aromatic carbocycles. The highest BCUT2D eigenvalue weighted by molar-refractivity contribution is 5.91. The van der Waals surface area contributed by atoms with Crippen molar-refractivity contribution in [1.82, 2.24) is 0 Å². The largest absolute Gasteiger partial charge is 0.449 e. The van der Waals surface area contributed by atoms with Crippen molar-refractivity contribution in [1.29, 1.82) is 0 Å². The van der Waals surface area contributed by atoms with Gasteiger partial charge >= 0.3 is 6.09 Å². The summed E-state index contributed by atoms with van der Waals surface area (Å²) in [6, 6.07) is 3.27. The Labute approximate surface area is 171 Å². The lowest BCUT2D eigenvalue weighted by molar-refractivity contribution is -0.393. The molecule has 0 unspecified atom stereocenters. The van der Waals surface area contributed by atoms with Gasteiger partial charge < -0.3 is 4.74 Å². The molecule has 0 aliphatic carbocycles. The molecule has 0 N–H and O–H groups in total. The van der Waals surface area contributed by atoms with Gasteiger partial charge in [-0.1, -0.05) is 58.3 Å². The van der Waals surface area contributed by atoms with Crippen molar-refractivity contribution >= 4 is 23.2 Å². The number of non-ortho nitro benzene ring substituents is 1. The van der Waals surface area contributed by atoms with Gasteiger partial charge in [-0.15, -0.1) is 0 Å². The van der Waals surface area contributed by atoms with Crippen LogP contribution < -0.4 is 4.90 Å². The molecule has 0 saturated carbocycles. The van der Waals surface area contributed by atoms with Crippen molar-refractivity contribution in [2.24, 2.45) is 0 Å². The smallest absolute Gasteiger partial charge is 0.414 e. The highest BCUT2D eigenvalue weighted by Crippen LogP contribution is 2.32. The topological polar surface area (TPSA) is 116 Å². The van der Waals surface area contributed by atoms with Gasteiger partial charge in [0.1, 0.15) is 5.69 Å². The molecule has 9 nitrogen and oxygen atoms in total. The second-order valence-electron chi connectivity index (χ2n) is 6.87. The van der Waals surface area contributed by atoms with Gasteiger partial charge in [-0.25, -0.2) is 4.79 Å². The molecule has 162 valence electrons. The van der Waals surface area contributed by atoms with Crippen LogP contribution in [0.4, 0.5) is 21.9 Å². The molecule has 1 rings (SSSR count). The number of carbonyl (C=O) groups is 1. The molecule has 0 heterocycles. The van der Waals surface area contributed by atoms with Gasteiger partial charge in [-0.05, 0) is 19.4 Å². The summed E-state index contributed by atoms with van der Waals surface area (Å²) >= 11 is 0. The minimum absolute atomic E-state index is 0.0126. The van der Waals surface area contributed by atoms with E-state index in [1.54, 1.807) is 6.92 Å². The SMILES string of the molecule is CCCCCCCCCCCN(C(=O)OCC)c1ccc([N+](=O)[O-])cc1[N+](=O)[O-]. The Bertz CT molecular complexity index is 680. The predicted octanol–water partition coefficient (Wildman–Crippen LogP) is 6.00. The van der Waals surface area contributed by atoms with Crippen LogP contribution in [0.2, 0.25) is 0 Å². The highest BCUT2D eigenvalue weighted by Gasteiger charge is 2.27. The molecule has 0 aromatic heterocycles. The van der Waals surface area contributed by atoms with E-state index in [1.807, 2.05) is 0 Å². The Balaban J connectivity index is 2.75. The molecule has 1 amide bonds. The number of nitro groups is 2. The number of amides is 1. The van der Waals surface area contributed by atoms with Gasteiger partial charge in [0, 0.05) is 12.6 Å². The monoisotopic (exact) mass is 409 g/mol. The first-order valence-corrected chi connectivity index (χ1v) is 10.3. The van der Waals surface area contributed by atoms with E-state index in [4.69, 9.17) is 4.74 Å². The summed E-state index contributed by atoms with van der Waals surface area (Å²) < 4.78 is 5.03. The number of unbranched alkanes of at least 4 members (excludes halogenated alkanes) is 8. The molecular weight excluding hydrogens is 378 g/mol. The summed E-state index contributed by atoms with van der Waals surface area (Å²) in [5, 5.41) is 22.3. The van der Waals surface area contributed by atoms with Crippen molar-refractivity contribution in [2.75, 3.05) is 18.1 Å². The van der Waals surface area contributed by atoms with E-state index >= 15 is 0 Å². The number of ether oxygens (including phenoxy) is 1. The van der Waals surface area contributed by atoms with E-state index < -0.39 is 27.3 Å². The molecule has 0 fully saturated rings. The lowest BCUT2D eigenvalue weighted by Crippen LogP contribution is -2.33. The van der Waals surface area contributed by atoms with Crippen LogP contribution in [0.5, 0.6) is 0 Å². The Kier molecular flexibility index (Phi) is 11.3. The molecule has 0 aliphatic heterocycles. The fourth-order valence-electron chi connectivity index (χ4n) is 3.09. The minimum Gasteiger partial charge on any atom is -0.449 e. The third kappa shape index (κ3) is 8.45. The average molecular weight is 409 g/mol. The van der Waals surface area contributed by atoms with Crippen LogP contribution in [0.25, 0.3) is 0 Å². The van der Waals surface area contributed by atoms with Crippen molar-refractivity contribution in [3.05, 3.63) is 38.4 Å². The predicted molar refractivity (Wildman–Crippen MR) is 111 cm³/mol. The number of carbonyl (C=O) groups excluding carboxylic acids is 1. The quantitative estimate of drug-likeness (QED) is 0.211. The molecule has 29 heavy (non-hydrogen) atoms. The number of nitro benzene ring substituents is 2. The summed E-state index contributed by atoms with van der Waals surface area (Å²) in [6.07, 6.45) is 9.20. The van der Waals surface area contributed by atoms with Crippen molar-refractivity contribution < 1.29 is 19.4 Å². The van der Waals surface area contributed by atoms with E-state index in [-0.39, 0.29) is 18.8 Å². The van der Waals surface area contributed by atoms with Crippen LogP contribution in [-0.2, 0) is 4.74 Å². The fourth-order valence-corrected chi connectivity index (χ4v) is 3.09. The first kappa shape index (κ1) is 24.3. The molecular formula is C20H31N3O6. The Hall–Kier alpha value is -2.71. The first-order chi connectivity index (χ1) is 13.9. The van der Waals surface area contributed by atoms with Crippen molar-refractivity contribution in [2.45, 2.75) is 71.6 Å². The average Bonchev–Trinajstić information content (AvgIpc) is 2.69. The number of anilines is 1. The van der Waals surface area contributed by atoms with E-state index in [0.29, 0.717) is 6.42 Å². The van der Waals surface area contributed by atoms with Crippen LogP contribution in [0.1, 0.15) is 71.6 Å². The van der Waals surface area contributed by atoms with Crippen molar-refractivity contribution in [3.8, 4) is 0 Å². The first-order valence-electron chi connectivity index (χ1n) is 10.3. The molecule has 0 bridgehead atoms. The second kappa shape index (κ2) is 13.5. The zero-order valence-corrected chi connectivity index (χ0v) is 17.3. The zero-order valence-electron chi connectivity index (χ0n) is 17.3. The van der Waals surface area contributed by atoms with E-state index in [2.05, 4.69) is 6.92 Å². The summed E-state index contributed by atoms with van der Waals surface area (Å²) in [6.45, 7) is 4.23. The number of nitrogens with zero attached hydrogens (tertiary/aromatic N) is 3. The van der Waals surface area contributed by atoms with Crippen molar-refractivity contribution in [3.63, 3.8) is 0 Å². The maximum absolute atomic E-state index is 12.4. The van der Waals surface area contributed by atoms with E-state index in [9.17, 15) is 25.0 Å². The van der Waals surface area contributed by atoms with Gasteiger partial charge in [-0.3, -0.25) is 25.1 Å². The van der Waals surface area contributed by atoms with E-state index in [0.717, 1.165) is 31.4 Å². The third-order valence-corrected chi connectivity index (χ3v) is 4.63. The van der Waals surface area contributed by atoms with Gasteiger partial charge in [0.15, 0.2) is 0 Å². The Morgan fingerprint density at radius 2 is 1.52 bits per heavy atom. The van der Waals surface area contributed by atoms with Gasteiger partial charge in [0.05, 0.1) is 22.5 Å². The summed E-state index contributed by atoms with van der Waals surface area (Å²) in [5.74, 6) is 0. The maximum atomic E-state index is 12.4.